The van der Waals surface area contributed by atoms with Crippen LogP contribution in [-0.2, 0) is 23.7 Å². The van der Waals surface area contributed by atoms with Crippen molar-refractivity contribution >= 4 is 34.7 Å². The summed E-state index contributed by atoms with van der Waals surface area (Å²) < 4.78 is 7.34. The van der Waals surface area contributed by atoms with Gasteiger partial charge in [0.05, 0.1) is 18.6 Å². The molecule has 0 aliphatic carbocycles. The van der Waals surface area contributed by atoms with Crippen molar-refractivity contribution in [2.24, 2.45) is 7.05 Å². The van der Waals surface area contributed by atoms with Gasteiger partial charge in [-0.3, -0.25) is 4.79 Å². The van der Waals surface area contributed by atoms with Crippen LogP contribution in [-0.4, -0.2) is 33.5 Å². The van der Waals surface area contributed by atoms with E-state index in [0.29, 0.717) is 11.4 Å². The molecule has 1 aromatic carbocycles. The number of rotatable bonds is 7. The second-order valence-electron chi connectivity index (χ2n) is 7.72. The summed E-state index contributed by atoms with van der Waals surface area (Å²) in [6.45, 7) is 6.41. The molecule has 0 aliphatic rings. The molecule has 6 nitrogen and oxygen atoms in total. The molecule has 2 heterocycles. The molecule has 1 amide bonds. The molecule has 2 aromatic heterocycles. The first-order chi connectivity index (χ1) is 13.8. The smallest absolute Gasteiger partial charge is 0.234 e. The van der Waals surface area contributed by atoms with Crippen LogP contribution in [0.25, 0.3) is 0 Å². The lowest BCUT2D eigenvalue weighted by Crippen LogP contribution is -2.17. The fraction of sp³-hybridized carbons (Fsp3) is 0.381. The number of amides is 1. The van der Waals surface area contributed by atoms with Gasteiger partial charge in [-0.05, 0) is 34.6 Å². The number of carbonyl (C=O) groups is 1. The highest BCUT2D eigenvalue weighted by Gasteiger charge is 2.18. The van der Waals surface area contributed by atoms with Crippen molar-refractivity contribution < 1.29 is 9.53 Å². The number of aromatic nitrogens is 3. The van der Waals surface area contributed by atoms with Crippen LogP contribution < -0.4 is 10.1 Å². The van der Waals surface area contributed by atoms with E-state index in [9.17, 15) is 4.79 Å². The highest BCUT2D eigenvalue weighted by Crippen LogP contribution is 2.31. The number of thioether (sulfide) groups is 1. The van der Waals surface area contributed by atoms with Crippen LogP contribution in [0.15, 0.2) is 40.9 Å². The van der Waals surface area contributed by atoms with Gasteiger partial charge >= 0.3 is 0 Å². The van der Waals surface area contributed by atoms with Crippen LogP contribution in [0.1, 0.15) is 37.0 Å². The Morgan fingerprint density at radius 1 is 1.28 bits per heavy atom. The van der Waals surface area contributed by atoms with Crippen LogP contribution in [0.5, 0.6) is 5.75 Å². The predicted molar refractivity (Wildman–Crippen MR) is 119 cm³/mol. The summed E-state index contributed by atoms with van der Waals surface area (Å²) in [6, 6.07) is 10.0. The van der Waals surface area contributed by atoms with Gasteiger partial charge < -0.3 is 14.6 Å². The zero-order chi connectivity index (χ0) is 21.0. The van der Waals surface area contributed by atoms with Crippen LogP contribution in [0.2, 0.25) is 0 Å². The molecule has 29 heavy (non-hydrogen) atoms. The van der Waals surface area contributed by atoms with Crippen molar-refractivity contribution in [1.82, 2.24) is 14.8 Å². The van der Waals surface area contributed by atoms with Gasteiger partial charge in [-0.15, -0.1) is 21.5 Å². The van der Waals surface area contributed by atoms with Gasteiger partial charge in [0.2, 0.25) is 5.91 Å². The average Bonchev–Trinajstić information content (AvgIpc) is 3.30. The third kappa shape index (κ3) is 5.39. The lowest BCUT2D eigenvalue weighted by atomic mass is 9.87. The topological polar surface area (TPSA) is 69.0 Å². The van der Waals surface area contributed by atoms with Gasteiger partial charge in [0.25, 0.3) is 0 Å². The normalized spacial score (nSPS) is 11.5. The Labute approximate surface area is 179 Å². The second-order valence-corrected chi connectivity index (χ2v) is 9.69. The molecule has 0 radical (unpaired) electrons. The molecule has 3 aromatic rings. The fourth-order valence-corrected chi connectivity index (χ4v) is 4.21. The highest BCUT2D eigenvalue weighted by atomic mass is 32.2. The Kier molecular flexibility index (Phi) is 6.64. The number of hydrogen-bond acceptors (Lipinski definition) is 6. The Morgan fingerprint density at radius 3 is 2.72 bits per heavy atom. The number of benzene rings is 1. The van der Waals surface area contributed by atoms with E-state index in [1.165, 1.54) is 16.6 Å². The Hall–Kier alpha value is -2.32. The summed E-state index contributed by atoms with van der Waals surface area (Å²) in [5, 5.41) is 14.2. The molecule has 0 saturated heterocycles. The van der Waals surface area contributed by atoms with E-state index in [4.69, 9.17) is 4.74 Å². The number of nitrogens with zero attached hydrogens (tertiary/aromatic N) is 3. The average molecular weight is 431 g/mol. The van der Waals surface area contributed by atoms with Crippen molar-refractivity contribution in [2.75, 3.05) is 18.2 Å². The third-order valence-electron chi connectivity index (χ3n) is 4.51. The van der Waals surface area contributed by atoms with E-state index in [2.05, 4.69) is 47.7 Å². The number of anilines is 1. The minimum atomic E-state index is -0.109. The number of methoxy groups -OCH3 is 1. The molecule has 1 N–H and O–H groups in total. The monoisotopic (exact) mass is 430 g/mol. The largest absolute Gasteiger partial charge is 0.495 e. The molecule has 3 rings (SSSR count). The summed E-state index contributed by atoms with van der Waals surface area (Å²) in [5.74, 6) is 1.67. The van der Waals surface area contributed by atoms with Crippen LogP contribution >= 0.6 is 23.1 Å². The van der Waals surface area contributed by atoms with Crippen LogP contribution in [0.4, 0.5) is 5.69 Å². The number of hydrogen-bond donors (Lipinski definition) is 1. The van der Waals surface area contributed by atoms with Gasteiger partial charge in [-0.1, -0.05) is 44.7 Å². The molecule has 0 fully saturated rings. The maximum absolute atomic E-state index is 12.5. The van der Waals surface area contributed by atoms with Crippen LogP contribution in [0.3, 0.4) is 0 Å². The maximum Gasteiger partial charge on any atom is 0.234 e. The number of thiophene rings is 1. The minimum absolute atomic E-state index is 0.0158. The first-order valence-corrected chi connectivity index (χ1v) is 11.2. The molecular formula is C21H26N4O2S2. The zero-order valence-electron chi connectivity index (χ0n) is 17.4. The molecule has 0 atom stereocenters. The first-order valence-electron chi connectivity index (χ1n) is 9.29. The molecule has 0 bridgehead atoms. The summed E-state index contributed by atoms with van der Waals surface area (Å²) in [4.78, 5) is 13.8. The van der Waals surface area contributed by atoms with Crippen LogP contribution in [0, 0.1) is 0 Å². The van der Waals surface area contributed by atoms with E-state index in [1.807, 2.05) is 35.9 Å². The number of ether oxygens (including phenoxy) is 1. The summed E-state index contributed by atoms with van der Waals surface area (Å²) in [5.41, 5.74) is 1.80. The predicted octanol–water partition coefficient (Wildman–Crippen LogP) is 4.50. The van der Waals surface area contributed by atoms with Crippen molar-refractivity contribution in [2.45, 2.75) is 37.8 Å². The number of nitrogens with one attached hydrogen (secondary N) is 1. The first kappa shape index (κ1) is 21.4. The molecule has 0 unspecified atom stereocenters. The van der Waals surface area contributed by atoms with E-state index < -0.39 is 0 Å². The number of carbonyl (C=O) groups excluding carboxylic acids is 1. The van der Waals surface area contributed by atoms with E-state index in [-0.39, 0.29) is 17.1 Å². The van der Waals surface area contributed by atoms with Gasteiger partial charge in [-0.2, -0.15) is 0 Å². The summed E-state index contributed by atoms with van der Waals surface area (Å²) in [7, 11) is 3.53. The van der Waals surface area contributed by atoms with Crippen molar-refractivity contribution in [3.8, 4) is 5.75 Å². The molecule has 154 valence electrons. The lowest BCUT2D eigenvalue weighted by Gasteiger charge is -2.21. The maximum atomic E-state index is 12.5. The molecule has 0 aliphatic heterocycles. The van der Waals surface area contributed by atoms with Crippen molar-refractivity contribution in [1.29, 1.82) is 0 Å². The molecule has 0 saturated carbocycles. The minimum Gasteiger partial charge on any atom is -0.495 e. The van der Waals surface area contributed by atoms with E-state index in [0.717, 1.165) is 23.0 Å². The summed E-state index contributed by atoms with van der Waals surface area (Å²) in [6.07, 6.45) is 0.741. The van der Waals surface area contributed by atoms with Gasteiger partial charge in [-0.25, -0.2) is 0 Å². The molecule has 8 heteroatoms. The second kappa shape index (κ2) is 9.00. The van der Waals surface area contributed by atoms with E-state index in [1.54, 1.807) is 18.4 Å². The van der Waals surface area contributed by atoms with E-state index >= 15 is 0 Å². The van der Waals surface area contributed by atoms with Crippen molar-refractivity contribution in [3.05, 3.63) is 52.0 Å². The van der Waals surface area contributed by atoms with Crippen molar-refractivity contribution in [3.63, 3.8) is 0 Å². The summed E-state index contributed by atoms with van der Waals surface area (Å²) >= 11 is 3.07. The highest BCUT2D eigenvalue weighted by molar-refractivity contribution is 7.99. The van der Waals surface area contributed by atoms with Gasteiger partial charge in [0.15, 0.2) is 5.16 Å². The Balaban J connectivity index is 1.64. The third-order valence-corrected chi connectivity index (χ3v) is 6.41. The van der Waals surface area contributed by atoms with Gasteiger partial charge in [0, 0.05) is 18.3 Å². The molecular weight excluding hydrogens is 404 g/mol. The lowest BCUT2D eigenvalue weighted by molar-refractivity contribution is -0.113. The van der Waals surface area contributed by atoms with Gasteiger partial charge in [0.1, 0.15) is 11.6 Å². The molecule has 0 spiro atoms. The Morgan fingerprint density at radius 2 is 2.07 bits per heavy atom. The quantitative estimate of drug-likeness (QED) is 0.559. The standard InChI is InChI=1S/C21H26N4O2S2/c1-21(2,3)14-8-9-17(27-5)16(11-14)22-19(26)13-29-20-24-23-18(25(20)4)12-15-7-6-10-28-15/h6-11H,12-13H2,1-5H3,(H,22,26). The Bertz CT molecular complexity index is 975. The zero-order valence-corrected chi connectivity index (χ0v) is 19.0. The SMILES string of the molecule is COc1ccc(C(C)(C)C)cc1NC(=O)CSc1nnc(Cc2cccs2)n1C. The fourth-order valence-electron chi connectivity index (χ4n) is 2.78.